The first-order valence-corrected chi connectivity index (χ1v) is 5.78. The van der Waals surface area contributed by atoms with Crippen LogP contribution >= 0.6 is 0 Å². The number of amides is 1. The van der Waals surface area contributed by atoms with Crippen molar-refractivity contribution in [1.82, 2.24) is 4.98 Å². The van der Waals surface area contributed by atoms with E-state index in [9.17, 15) is 9.59 Å². The summed E-state index contributed by atoms with van der Waals surface area (Å²) in [4.78, 5) is 25.9. The third-order valence-corrected chi connectivity index (χ3v) is 2.59. The van der Waals surface area contributed by atoms with Crippen molar-refractivity contribution in [1.29, 1.82) is 0 Å². The van der Waals surface area contributed by atoms with Crippen molar-refractivity contribution in [2.75, 3.05) is 0 Å². The van der Waals surface area contributed by atoms with E-state index in [0.29, 0.717) is 5.69 Å². The van der Waals surface area contributed by atoms with Crippen molar-refractivity contribution < 1.29 is 9.53 Å². The van der Waals surface area contributed by atoms with E-state index < -0.39 is 5.91 Å². The van der Waals surface area contributed by atoms with E-state index in [1.807, 2.05) is 30.3 Å². The lowest BCUT2D eigenvalue weighted by molar-refractivity contribution is 0.0990. The van der Waals surface area contributed by atoms with Crippen LogP contribution in [-0.4, -0.2) is 10.9 Å². The highest BCUT2D eigenvalue weighted by atomic mass is 16.5. The standard InChI is InChI=1S/C14H14N2O3/c1-9-7-11(17)13(12(16-9)14(15)18)19-8-10-5-3-2-4-6-10/h2-7H,8H2,1H3,(H2,15,18)(H,16,17). The SMILES string of the molecule is Cc1cc(=O)c(OCc2ccccc2)c(C(N)=O)[nH]1. The average molecular weight is 258 g/mol. The number of nitrogens with two attached hydrogens (primary N) is 1. The van der Waals surface area contributed by atoms with E-state index in [4.69, 9.17) is 10.5 Å². The Labute approximate surface area is 110 Å². The number of hydrogen-bond donors (Lipinski definition) is 2. The second kappa shape index (κ2) is 5.39. The Balaban J connectivity index is 2.30. The number of carbonyl (C=O) groups is 1. The van der Waals surface area contributed by atoms with Crippen LogP contribution in [0.3, 0.4) is 0 Å². The van der Waals surface area contributed by atoms with Gasteiger partial charge in [0.25, 0.3) is 5.91 Å². The van der Waals surface area contributed by atoms with Crippen molar-refractivity contribution in [2.45, 2.75) is 13.5 Å². The number of H-pyrrole nitrogens is 1. The van der Waals surface area contributed by atoms with Crippen LogP contribution in [-0.2, 0) is 6.61 Å². The Hall–Kier alpha value is -2.56. The predicted octanol–water partition coefficient (Wildman–Crippen LogP) is 1.36. The minimum Gasteiger partial charge on any atom is -0.483 e. The van der Waals surface area contributed by atoms with Gasteiger partial charge >= 0.3 is 0 Å². The summed E-state index contributed by atoms with van der Waals surface area (Å²) in [6, 6.07) is 10.7. The zero-order chi connectivity index (χ0) is 13.8. The number of aromatic nitrogens is 1. The molecule has 2 rings (SSSR count). The summed E-state index contributed by atoms with van der Waals surface area (Å²) in [6.07, 6.45) is 0. The summed E-state index contributed by atoms with van der Waals surface area (Å²) < 4.78 is 5.43. The van der Waals surface area contributed by atoms with Gasteiger partial charge in [0.15, 0.2) is 11.4 Å². The Morgan fingerprint density at radius 1 is 1.32 bits per heavy atom. The van der Waals surface area contributed by atoms with Crippen molar-refractivity contribution in [2.24, 2.45) is 5.73 Å². The number of ether oxygens (including phenoxy) is 1. The molecule has 2 aromatic rings. The van der Waals surface area contributed by atoms with Gasteiger partial charge in [-0.25, -0.2) is 0 Å². The van der Waals surface area contributed by atoms with Gasteiger partial charge < -0.3 is 15.5 Å². The Bertz CT molecular complexity index is 647. The third kappa shape index (κ3) is 3.01. The minimum absolute atomic E-state index is 0.000862. The molecule has 0 atom stereocenters. The molecule has 0 saturated carbocycles. The molecule has 1 heterocycles. The topological polar surface area (TPSA) is 85.2 Å². The van der Waals surface area contributed by atoms with Gasteiger partial charge in [-0.3, -0.25) is 9.59 Å². The van der Waals surface area contributed by atoms with E-state index in [0.717, 1.165) is 5.56 Å². The molecular formula is C14H14N2O3. The molecule has 98 valence electrons. The Kier molecular flexibility index (Phi) is 3.66. The summed E-state index contributed by atoms with van der Waals surface area (Å²) in [5.41, 5.74) is 6.33. The predicted molar refractivity (Wildman–Crippen MR) is 71.1 cm³/mol. The second-order valence-electron chi connectivity index (χ2n) is 4.16. The molecule has 0 aliphatic rings. The van der Waals surface area contributed by atoms with Crippen molar-refractivity contribution in [3.63, 3.8) is 0 Å². The van der Waals surface area contributed by atoms with Crippen LogP contribution in [0.5, 0.6) is 5.75 Å². The van der Waals surface area contributed by atoms with E-state index >= 15 is 0 Å². The largest absolute Gasteiger partial charge is 0.483 e. The Morgan fingerprint density at radius 3 is 2.63 bits per heavy atom. The van der Waals surface area contributed by atoms with Gasteiger partial charge in [-0.05, 0) is 12.5 Å². The summed E-state index contributed by atoms with van der Waals surface area (Å²) >= 11 is 0. The maximum Gasteiger partial charge on any atom is 0.269 e. The number of carbonyl (C=O) groups excluding carboxylic acids is 1. The number of aryl methyl sites for hydroxylation is 1. The first kappa shape index (κ1) is 12.9. The molecule has 5 nitrogen and oxygen atoms in total. The number of hydrogen-bond acceptors (Lipinski definition) is 3. The van der Waals surface area contributed by atoms with Gasteiger partial charge in [0.05, 0.1) is 0 Å². The monoisotopic (exact) mass is 258 g/mol. The molecule has 1 aromatic heterocycles. The fourth-order valence-electron chi connectivity index (χ4n) is 1.72. The van der Waals surface area contributed by atoms with Gasteiger partial charge in [-0.15, -0.1) is 0 Å². The number of pyridine rings is 1. The quantitative estimate of drug-likeness (QED) is 0.868. The highest BCUT2D eigenvalue weighted by molar-refractivity contribution is 5.93. The second-order valence-corrected chi connectivity index (χ2v) is 4.16. The van der Waals surface area contributed by atoms with Crippen LogP contribution < -0.4 is 15.9 Å². The fourth-order valence-corrected chi connectivity index (χ4v) is 1.72. The molecule has 0 radical (unpaired) electrons. The smallest absolute Gasteiger partial charge is 0.269 e. The lowest BCUT2D eigenvalue weighted by atomic mass is 10.2. The Morgan fingerprint density at radius 2 is 2.00 bits per heavy atom. The molecule has 0 saturated heterocycles. The van der Waals surface area contributed by atoms with E-state index in [-0.39, 0.29) is 23.5 Å². The van der Waals surface area contributed by atoms with E-state index in [1.165, 1.54) is 6.07 Å². The molecule has 0 aliphatic carbocycles. The van der Waals surface area contributed by atoms with Gasteiger partial charge in [0.1, 0.15) is 6.61 Å². The number of rotatable bonds is 4. The van der Waals surface area contributed by atoms with Crippen LogP contribution in [0.25, 0.3) is 0 Å². The molecule has 3 N–H and O–H groups in total. The van der Waals surface area contributed by atoms with Gasteiger partial charge in [-0.1, -0.05) is 30.3 Å². The zero-order valence-corrected chi connectivity index (χ0v) is 10.5. The zero-order valence-electron chi connectivity index (χ0n) is 10.5. The van der Waals surface area contributed by atoms with Crippen LogP contribution in [0.1, 0.15) is 21.7 Å². The lowest BCUT2D eigenvalue weighted by Crippen LogP contribution is -2.21. The maximum absolute atomic E-state index is 11.8. The summed E-state index contributed by atoms with van der Waals surface area (Å²) in [6.45, 7) is 1.88. The van der Waals surface area contributed by atoms with Gasteiger partial charge in [0.2, 0.25) is 5.43 Å². The van der Waals surface area contributed by atoms with Gasteiger partial charge in [-0.2, -0.15) is 0 Å². The number of aromatic amines is 1. The third-order valence-electron chi connectivity index (χ3n) is 2.59. The number of primary amides is 1. The van der Waals surface area contributed by atoms with Crippen molar-refractivity contribution in [3.8, 4) is 5.75 Å². The summed E-state index contributed by atoms with van der Waals surface area (Å²) in [7, 11) is 0. The molecule has 0 bridgehead atoms. The fraction of sp³-hybridized carbons (Fsp3) is 0.143. The first-order valence-electron chi connectivity index (χ1n) is 5.78. The summed E-state index contributed by atoms with van der Waals surface area (Å²) in [5.74, 6) is -0.759. The molecule has 5 heteroatoms. The van der Waals surface area contributed by atoms with E-state index in [2.05, 4.69) is 4.98 Å². The molecule has 0 fully saturated rings. The molecule has 1 aromatic carbocycles. The van der Waals surface area contributed by atoms with Crippen LogP contribution in [0, 0.1) is 6.92 Å². The van der Waals surface area contributed by atoms with Crippen LogP contribution in [0.15, 0.2) is 41.2 Å². The molecule has 1 amide bonds. The van der Waals surface area contributed by atoms with E-state index in [1.54, 1.807) is 6.92 Å². The highest BCUT2D eigenvalue weighted by Crippen LogP contribution is 2.13. The van der Waals surface area contributed by atoms with Crippen LogP contribution in [0.4, 0.5) is 0 Å². The average Bonchev–Trinajstić information content (AvgIpc) is 2.38. The number of nitrogens with one attached hydrogen (secondary N) is 1. The molecule has 0 aliphatic heterocycles. The van der Waals surface area contributed by atoms with Gasteiger partial charge in [0, 0.05) is 11.8 Å². The normalized spacial score (nSPS) is 10.2. The lowest BCUT2D eigenvalue weighted by Gasteiger charge is -2.09. The van der Waals surface area contributed by atoms with Crippen molar-refractivity contribution >= 4 is 5.91 Å². The summed E-state index contributed by atoms with van der Waals surface area (Å²) in [5, 5.41) is 0. The first-order chi connectivity index (χ1) is 9.08. The number of benzene rings is 1. The molecule has 0 unspecified atom stereocenters. The molecule has 0 spiro atoms. The maximum atomic E-state index is 11.8. The molecule has 19 heavy (non-hydrogen) atoms. The minimum atomic E-state index is -0.719. The molecular weight excluding hydrogens is 244 g/mol. The van der Waals surface area contributed by atoms with Crippen molar-refractivity contribution in [3.05, 3.63) is 63.6 Å². The van der Waals surface area contributed by atoms with Crippen LogP contribution in [0.2, 0.25) is 0 Å². The highest BCUT2D eigenvalue weighted by Gasteiger charge is 2.14.